The standard InChI is InChI=1S/C17H18ClN5OS2/c1-10-5-11(2)15(14(18)6-10)23(12(3)24)16-20-13(7-25-16)8-26-17-21-19-9-22(17)4/h5-7,9H,8H2,1-4H3. The lowest BCUT2D eigenvalue weighted by molar-refractivity contribution is -0.115. The number of hydrogen-bond donors (Lipinski definition) is 0. The first-order valence-electron chi connectivity index (χ1n) is 7.85. The molecule has 136 valence electrons. The lowest BCUT2D eigenvalue weighted by atomic mass is 10.1. The van der Waals surface area contributed by atoms with Gasteiger partial charge in [-0.1, -0.05) is 29.4 Å². The lowest BCUT2D eigenvalue weighted by Gasteiger charge is -2.22. The highest BCUT2D eigenvalue weighted by molar-refractivity contribution is 7.98. The lowest BCUT2D eigenvalue weighted by Crippen LogP contribution is -2.24. The van der Waals surface area contributed by atoms with Crippen LogP contribution < -0.4 is 4.90 Å². The second-order valence-corrected chi connectivity index (χ2v) is 8.09. The average Bonchev–Trinajstić information content (AvgIpc) is 3.17. The first-order valence-corrected chi connectivity index (χ1v) is 10.1. The van der Waals surface area contributed by atoms with Gasteiger partial charge in [-0.25, -0.2) is 4.98 Å². The maximum atomic E-state index is 12.3. The Morgan fingerprint density at radius 2 is 2.15 bits per heavy atom. The van der Waals surface area contributed by atoms with E-state index in [1.165, 1.54) is 18.3 Å². The highest BCUT2D eigenvalue weighted by Crippen LogP contribution is 2.37. The molecule has 0 bridgehead atoms. The van der Waals surface area contributed by atoms with Gasteiger partial charge in [0.15, 0.2) is 10.3 Å². The normalized spacial score (nSPS) is 11.0. The van der Waals surface area contributed by atoms with E-state index in [0.717, 1.165) is 22.0 Å². The predicted octanol–water partition coefficient (Wildman–Crippen LogP) is 4.52. The van der Waals surface area contributed by atoms with Crippen molar-refractivity contribution < 1.29 is 4.79 Å². The molecule has 0 unspecified atom stereocenters. The van der Waals surface area contributed by atoms with Gasteiger partial charge in [-0.2, -0.15) is 0 Å². The number of aromatic nitrogens is 4. The molecule has 1 aromatic carbocycles. The highest BCUT2D eigenvalue weighted by Gasteiger charge is 2.22. The maximum absolute atomic E-state index is 12.3. The molecule has 0 saturated carbocycles. The molecule has 0 radical (unpaired) electrons. The van der Waals surface area contributed by atoms with Crippen molar-refractivity contribution in [3.63, 3.8) is 0 Å². The van der Waals surface area contributed by atoms with E-state index in [4.69, 9.17) is 11.6 Å². The number of amides is 1. The molecule has 3 aromatic rings. The third-order valence-electron chi connectivity index (χ3n) is 3.69. The fourth-order valence-corrected chi connectivity index (χ4v) is 4.75. The van der Waals surface area contributed by atoms with Gasteiger partial charge in [-0.15, -0.1) is 21.5 Å². The summed E-state index contributed by atoms with van der Waals surface area (Å²) in [6.45, 7) is 5.44. The molecule has 1 amide bonds. The SMILES string of the molecule is CC(=O)N(c1nc(CSc2nncn2C)cs1)c1c(C)cc(C)cc1Cl. The molecule has 0 atom stereocenters. The molecule has 2 aromatic heterocycles. The van der Waals surface area contributed by atoms with E-state index in [1.54, 1.807) is 23.0 Å². The zero-order chi connectivity index (χ0) is 18.8. The van der Waals surface area contributed by atoms with Crippen LogP contribution in [0.4, 0.5) is 10.8 Å². The second kappa shape index (κ2) is 7.77. The van der Waals surface area contributed by atoms with E-state index in [0.29, 0.717) is 21.6 Å². The number of carbonyl (C=O) groups is 1. The molecule has 9 heteroatoms. The third-order valence-corrected chi connectivity index (χ3v) is 5.92. The van der Waals surface area contributed by atoms with Crippen molar-refractivity contribution in [2.75, 3.05) is 4.90 Å². The van der Waals surface area contributed by atoms with Crippen LogP contribution in [0.2, 0.25) is 5.02 Å². The number of thioether (sulfide) groups is 1. The second-order valence-electron chi connectivity index (χ2n) is 5.90. The van der Waals surface area contributed by atoms with Crippen LogP contribution in [0.1, 0.15) is 23.7 Å². The van der Waals surface area contributed by atoms with Crippen molar-refractivity contribution in [2.24, 2.45) is 7.05 Å². The molecule has 0 aliphatic heterocycles. The smallest absolute Gasteiger partial charge is 0.230 e. The Balaban J connectivity index is 1.87. The van der Waals surface area contributed by atoms with Gasteiger partial charge >= 0.3 is 0 Å². The van der Waals surface area contributed by atoms with E-state index in [9.17, 15) is 4.79 Å². The van der Waals surface area contributed by atoms with Gasteiger partial charge in [0, 0.05) is 25.1 Å². The first kappa shape index (κ1) is 18.9. The molecular formula is C17H18ClN5OS2. The van der Waals surface area contributed by atoms with Crippen molar-refractivity contribution in [3.8, 4) is 0 Å². The van der Waals surface area contributed by atoms with E-state index in [2.05, 4.69) is 15.2 Å². The quantitative estimate of drug-likeness (QED) is 0.582. The van der Waals surface area contributed by atoms with E-state index < -0.39 is 0 Å². The van der Waals surface area contributed by atoms with Crippen molar-refractivity contribution in [2.45, 2.75) is 31.7 Å². The molecular weight excluding hydrogens is 390 g/mol. The average molecular weight is 408 g/mol. The molecule has 0 fully saturated rings. The number of halogens is 1. The Morgan fingerprint density at radius 1 is 1.38 bits per heavy atom. The van der Waals surface area contributed by atoms with E-state index >= 15 is 0 Å². The number of anilines is 2. The molecule has 0 saturated heterocycles. The van der Waals surface area contributed by atoms with Gasteiger partial charge in [0.2, 0.25) is 5.91 Å². The Bertz CT molecular complexity index is 929. The van der Waals surface area contributed by atoms with Gasteiger partial charge in [0.25, 0.3) is 0 Å². The van der Waals surface area contributed by atoms with Gasteiger partial charge in [-0.05, 0) is 31.0 Å². The highest BCUT2D eigenvalue weighted by atomic mass is 35.5. The molecule has 0 aliphatic rings. The summed E-state index contributed by atoms with van der Waals surface area (Å²) in [6.07, 6.45) is 1.66. The van der Waals surface area contributed by atoms with Crippen molar-refractivity contribution in [1.29, 1.82) is 0 Å². The Labute approximate surface area is 165 Å². The number of carbonyl (C=O) groups excluding carboxylic acids is 1. The van der Waals surface area contributed by atoms with Crippen LogP contribution in [0.25, 0.3) is 0 Å². The predicted molar refractivity (Wildman–Crippen MR) is 106 cm³/mol. The number of thiazole rings is 1. The van der Waals surface area contributed by atoms with Crippen molar-refractivity contribution in [3.05, 3.63) is 45.7 Å². The molecule has 0 N–H and O–H groups in total. The monoisotopic (exact) mass is 407 g/mol. The molecule has 6 nitrogen and oxygen atoms in total. The maximum Gasteiger partial charge on any atom is 0.230 e. The van der Waals surface area contributed by atoms with Crippen LogP contribution in [0.15, 0.2) is 29.0 Å². The minimum atomic E-state index is -0.124. The third kappa shape index (κ3) is 3.92. The van der Waals surface area contributed by atoms with Gasteiger partial charge < -0.3 is 4.57 Å². The van der Waals surface area contributed by atoms with Gasteiger partial charge in [0.05, 0.1) is 16.4 Å². The summed E-state index contributed by atoms with van der Waals surface area (Å²) in [4.78, 5) is 18.6. The van der Waals surface area contributed by atoms with Crippen LogP contribution in [0.3, 0.4) is 0 Å². The fraction of sp³-hybridized carbons (Fsp3) is 0.294. The van der Waals surface area contributed by atoms with E-state index in [1.807, 2.05) is 43.0 Å². The number of rotatable bonds is 5. The first-order chi connectivity index (χ1) is 12.4. The summed E-state index contributed by atoms with van der Waals surface area (Å²) in [5, 5.41) is 11.8. The van der Waals surface area contributed by atoms with Crippen LogP contribution in [0.5, 0.6) is 0 Å². The van der Waals surface area contributed by atoms with Crippen LogP contribution in [-0.4, -0.2) is 25.7 Å². The number of benzene rings is 1. The van der Waals surface area contributed by atoms with E-state index in [-0.39, 0.29) is 5.91 Å². The summed E-state index contributed by atoms with van der Waals surface area (Å²) in [7, 11) is 1.90. The summed E-state index contributed by atoms with van der Waals surface area (Å²) in [5.74, 6) is 0.524. The molecule has 2 heterocycles. The fourth-order valence-electron chi connectivity index (χ4n) is 2.59. The van der Waals surface area contributed by atoms with Crippen LogP contribution >= 0.6 is 34.7 Å². The topological polar surface area (TPSA) is 63.9 Å². The van der Waals surface area contributed by atoms with Crippen molar-refractivity contribution in [1.82, 2.24) is 19.7 Å². The summed E-state index contributed by atoms with van der Waals surface area (Å²) < 4.78 is 1.86. The van der Waals surface area contributed by atoms with Crippen molar-refractivity contribution >= 4 is 51.4 Å². The van der Waals surface area contributed by atoms with Gasteiger partial charge in [-0.3, -0.25) is 9.69 Å². The Morgan fingerprint density at radius 3 is 2.77 bits per heavy atom. The zero-order valence-corrected chi connectivity index (χ0v) is 17.2. The molecule has 26 heavy (non-hydrogen) atoms. The summed E-state index contributed by atoms with van der Waals surface area (Å²) >= 11 is 9.41. The Kier molecular flexibility index (Phi) is 5.64. The minimum absolute atomic E-state index is 0.124. The van der Waals surface area contributed by atoms with Crippen LogP contribution in [0, 0.1) is 13.8 Å². The summed E-state index contributed by atoms with van der Waals surface area (Å²) in [6, 6.07) is 3.87. The van der Waals surface area contributed by atoms with Gasteiger partial charge in [0.1, 0.15) is 6.33 Å². The largest absolute Gasteiger partial charge is 0.312 e. The zero-order valence-electron chi connectivity index (χ0n) is 14.9. The molecule has 0 spiro atoms. The number of aryl methyl sites for hydroxylation is 3. The summed E-state index contributed by atoms with van der Waals surface area (Å²) in [5.41, 5.74) is 3.56. The van der Waals surface area contributed by atoms with Crippen LogP contribution in [-0.2, 0) is 17.6 Å². The Hall–Kier alpha value is -1.90. The molecule has 3 rings (SSSR count). The minimum Gasteiger partial charge on any atom is -0.312 e. The number of hydrogen-bond acceptors (Lipinski definition) is 6. The molecule has 0 aliphatic carbocycles. The number of nitrogens with zero attached hydrogens (tertiary/aromatic N) is 5.